The predicted octanol–water partition coefficient (Wildman–Crippen LogP) is 3.69. The molecule has 0 heterocycles. The van der Waals surface area contributed by atoms with Gasteiger partial charge in [-0.2, -0.15) is 0 Å². The third-order valence-corrected chi connectivity index (χ3v) is 5.14. The number of aryl methyl sites for hydroxylation is 1. The van der Waals surface area contributed by atoms with E-state index in [2.05, 4.69) is 25.7 Å². The standard InChI is InChI=1S/C18H29NO2/c1-5-19(6-2)18(11-7-8-12-18)17(20)16-10-9-15(21-4)13-14(16)3/h9-10,13,17,20H,5-8,11-12H2,1-4H3. The molecule has 0 spiro atoms. The van der Waals surface area contributed by atoms with Crippen molar-refractivity contribution in [3.05, 3.63) is 29.3 Å². The fourth-order valence-corrected chi connectivity index (χ4v) is 3.97. The first kappa shape index (κ1) is 16.3. The van der Waals surface area contributed by atoms with Gasteiger partial charge < -0.3 is 9.84 Å². The van der Waals surface area contributed by atoms with Gasteiger partial charge in [0.05, 0.1) is 18.8 Å². The SMILES string of the molecule is CCN(CC)C1(C(O)c2ccc(OC)cc2C)CCCC1. The van der Waals surface area contributed by atoms with Gasteiger partial charge in [-0.05, 0) is 56.1 Å². The lowest BCUT2D eigenvalue weighted by molar-refractivity contribution is -0.0272. The minimum absolute atomic E-state index is 0.0944. The van der Waals surface area contributed by atoms with Crippen LogP contribution in [-0.2, 0) is 0 Å². The van der Waals surface area contributed by atoms with Crippen molar-refractivity contribution < 1.29 is 9.84 Å². The van der Waals surface area contributed by atoms with Crippen molar-refractivity contribution >= 4 is 0 Å². The topological polar surface area (TPSA) is 32.7 Å². The molecule has 1 N–H and O–H groups in total. The summed E-state index contributed by atoms with van der Waals surface area (Å²) < 4.78 is 5.28. The van der Waals surface area contributed by atoms with Gasteiger partial charge in [-0.15, -0.1) is 0 Å². The highest BCUT2D eigenvalue weighted by atomic mass is 16.5. The molecule has 21 heavy (non-hydrogen) atoms. The van der Waals surface area contributed by atoms with E-state index in [1.165, 1.54) is 12.8 Å². The zero-order valence-corrected chi connectivity index (χ0v) is 13.9. The highest BCUT2D eigenvalue weighted by Crippen LogP contribution is 2.45. The number of hydrogen-bond donors (Lipinski definition) is 1. The Bertz CT molecular complexity index is 462. The number of methoxy groups -OCH3 is 1. The summed E-state index contributed by atoms with van der Waals surface area (Å²) >= 11 is 0. The molecule has 2 rings (SSSR count). The number of hydrogen-bond acceptors (Lipinski definition) is 3. The Hall–Kier alpha value is -1.06. The van der Waals surface area contributed by atoms with Crippen molar-refractivity contribution in [3.8, 4) is 5.75 Å². The lowest BCUT2D eigenvalue weighted by atomic mass is 9.82. The van der Waals surface area contributed by atoms with Crippen LogP contribution < -0.4 is 4.74 Å². The number of rotatable bonds is 6. The first-order chi connectivity index (χ1) is 10.1. The molecule has 0 bridgehead atoms. The Morgan fingerprint density at radius 1 is 1.24 bits per heavy atom. The third kappa shape index (κ3) is 2.95. The van der Waals surface area contributed by atoms with Crippen LogP contribution in [0.2, 0.25) is 0 Å². The normalized spacial score (nSPS) is 19.0. The highest BCUT2D eigenvalue weighted by Gasteiger charge is 2.45. The first-order valence-corrected chi connectivity index (χ1v) is 8.16. The average Bonchev–Trinajstić information content (AvgIpc) is 2.98. The van der Waals surface area contributed by atoms with Crippen LogP contribution in [0.1, 0.15) is 56.8 Å². The van der Waals surface area contributed by atoms with Crippen LogP contribution in [0.15, 0.2) is 18.2 Å². The van der Waals surface area contributed by atoms with E-state index in [1.807, 2.05) is 18.2 Å². The van der Waals surface area contributed by atoms with Crippen LogP contribution in [0.5, 0.6) is 5.75 Å². The van der Waals surface area contributed by atoms with Gasteiger partial charge in [0.15, 0.2) is 0 Å². The zero-order chi connectivity index (χ0) is 15.5. The van der Waals surface area contributed by atoms with Crippen molar-refractivity contribution in [1.29, 1.82) is 0 Å². The lowest BCUT2D eigenvalue weighted by Crippen LogP contribution is -2.51. The van der Waals surface area contributed by atoms with E-state index in [0.29, 0.717) is 0 Å². The number of benzene rings is 1. The molecule has 3 nitrogen and oxygen atoms in total. The van der Waals surface area contributed by atoms with Crippen molar-refractivity contribution in [2.45, 2.75) is 58.1 Å². The van der Waals surface area contributed by atoms with Crippen molar-refractivity contribution in [2.75, 3.05) is 20.2 Å². The molecule has 3 heteroatoms. The Morgan fingerprint density at radius 3 is 2.33 bits per heavy atom. The van der Waals surface area contributed by atoms with Gasteiger partial charge in [-0.3, -0.25) is 4.90 Å². The van der Waals surface area contributed by atoms with E-state index in [9.17, 15) is 5.11 Å². The molecule has 1 fully saturated rings. The second-order valence-corrected chi connectivity index (χ2v) is 6.11. The summed E-state index contributed by atoms with van der Waals surface area (Å²) in [5.74, 6) is 0.853. The molecule has 1 unspecified atom stereocenters. The molecule has 1 aliphatic rings. The number of aliphatic hydroxyl groups excluding tert-OH is 1. The summed E-state index contributed by atoms with van der Waals surface area (Å²) in [6, 6.07) is 6.00. The quantitative estimate of drug-likeness (QED) is 0.867. The van der Waals surface area contributed by atoms with Crippen LogP contribution in [0.25, 0.3) is 0 Å². The number of nitrogens with zero attached hydrogens (tertiary/aromatic N) is 1. The summed E-state index contributed by atoms with van der Waals surface area (Å²) in [4.78, 5) is 2.45. The first-order valence-electron chi connectivity index (χ1n) is 8.16. The molecular formula is C18H29NO2. The minimum atomic E-state index is -0.425. The largest absolute Gasteiger partial charge is 0.497 e. The summed E-state index contributed by atoms with van der Waals surface area (Å²) in [6.07, 6.45) is 4.17. The van der Waals surface area contributed by atoms with E-state index >= 15 is 0 Å². The Kier molecular flexibility index (Phi) is 5.28. The smallest absolute Gasteiger partial charge is 0.119 e. The molecule has 1 aromatic carbocycles. The Balaban J connectivity index is 2.37. The average molecular weight is 291 g/mol. The van der Waals surface area contributed by atoms with Crippen LogP contribution in [0.4, 0.5) is 0 Å². The molecule has 1 saturated carbocycles. The molecule has 118 valence electrons. The van der Waals surface area contributed by atoms with Crippen LogP contribution >= 0.6 is 0 Å². The van der Waals surface area contributed by atoms with Gasteiger partial charge >= 0.3 is 0 Å². The van der Waals surface area contributed by atoms with E-state index in [4.69, 9.17) is 4.74 Å². The fourth-order valence-electron chi connectivity index (χ4n) is 3.97. The molecule has 0 radical (unpaired) electrons. The van der Waals surface area contributed by atoms with Gasteiger partial charge in [-0.25, -0.2) is 0 Å². The number of aliphatic hydroxyl groups is 1. The van der Waals surface area contributed by atoms with Gasteiger partial charge in [0.25, 0.3) is 0 Å². The second kappa shape index (κ2) is 6.80. The molecule has 0 saturated heterocycles. The van der Waals surface area contributed by atoms with Gasteiger partial charge in [-0.1, -0.05) is 32.8 Å². The maximum Gasteiger partial charge on any atom is 0.119 e. The molecule has 0 aliphatic heterocycles. The summed E-state index contributed by atoms with van der Waals surface area (Å²) in [7, 11) is 1.68. The maximum absolute atomic E-state index is 11.2. The summed E-state index contributed by atoms with van der Waals surface area (Å²) in [6.45, 7) is 8.42. The molecule has 0 aromatic heterocycles. The van der Waals surface area contributed by atoms with E-state index in [1.54, 1.807) is 7.11 Å². The second-order valence-electron chi connectivity index (χ2n) is 6.11. The van der Waals surface area contributed by atoms with Crippen molar-refractivity contribution in [3.63, 3.8) is 0 Å². The lowest BCUT2D eigenvalue weighted by Gasteiger charge is -2.44. The zero-order valence-electron chi connectivity index (χ0n) is 13.9. The van der Waals surface area contributed by atoms with E-state index < -0.39 is 6.10 Å². The van der Waals surface area contributed by atoms with Crippen LogP contribution in [0.3, 0.4) is 0 Å². The summed E-state index contributed by atoms with van der Waals surface area (Å²) in [5, 5.41) is 11.2. The maximum atomic E-state index is 11.2. The van der Waals surface area contributed by atoms with Gasteiger partial charge in [0.2, 0.25) is 0 Å². The van der Waals surface area contributed by atoms with E-state index in [-0.39, 0.29) is 5.54 Å². The number of ether oxygens (including phenoxy) is 1. The third-order valence-electron chi connectivity index (χ3n) is 5.14. The highest BCUT2D eigenvalue weighted by molar-refractivity contribution is 5.37. The predicted molar refractivity (Wildman–Crippen MR) is 86.8 cm³/mol. The molecule has 1 aromatic rings. The van der Waals surface area contributed by atoms with Gasteiger partial charge in [0, 0.05) is 0 Å². The van der Waals surface area contributed by atoms with Crippen LogP contribution in [-0.4, -0.2) is 35.7 Å². The molecule has 0 amide bonds. The molecule has 1 atom stereocenters. The van der Waals surface area contributed by atoms with Gasteiger partial charge in [0.1, 0.15) is 5.75 Å². The monoisotopic (exact) mass is 291 g/mol. The Labute approximate surface area is 128 Å². The van der Waals surface area contributed by atoms with E-state index in [0.717, 1.165) is 42.8 Å². The van der Waals surface area contributed by atoms with Crippen LogP contribution in [0, 0.1) is 6.92 Å². The minimum Gasteiger partial charge on any atom is -0.497 e. The Morgan fingerprint density at radius 2 is 1.86 bits per heavy atom. The molecular weight excluding hydrogens is 262 g/mol. The number of likely N-dealkylation sites (N-methyl/N-ethyl adjacent to an activating group) is 1. The summed E-state index contributed by atoms with van der Waals surface area (Å²) in [5.41, 5.74) is 2.06. The molecule has 1 aliphatic carbocycles. The fraction of sp³-hybridized carbons (Fsp3) is 0.667. The van der Waals surface area contributed by atoms with Crippen molar-refractivity contribution in [1.82, 2.24) is 4.90 Å². The van der Waals surface area contributed by atoms with Crippen molar-refractivity contribution in [2.24, 2.45) is 0 Å².